The van der Waals surface area contributed by atoms with E-state index in [1.807, 2.05) is 24.8 Å². The van der Waals surface area contributed by atoms with Gasteiger partial charge in [-0.05, 0) is 49.2 Å². The third kappa shape index (κ3) is 8.33. The lowest BCUT2D eigenvalue weighted by atomic mass is 10.1. The van der Waals surface area contributed by atoms with Gasteiger partial charge in [-0.3, -0.25) is 20.0 Å². The predicted molar refractivity (Wildman–Crippen MR) is 158 cm³/mol. The predicted octanol–water partition coefficient (Wildman–Crippen LogP) is 7.08. The SMILES string of the molecule is Cc1ccc(N=C(NO)C(=O)c2ccccc2)cc1Cl.Cc1ccc(N=C(NO)C(=O)c2ccccc2)cc1Cl. The average molecular weight is 577 g/mol. The fraction of sp³-hybridized carbons (Fsp3) is 0.0667. The summed E-state index contributed by atoms with van der Waals surface area (Å²) in [6.45, 7) is 3.74. The Balaban J connectivity index is 0.000000220. The summed E-state index contributed by atoms with van der Waals surface area (Å²) in [7, 11) is 0. The van der Waals surface area contributed by atoms with Crippen LogP contribution in [0.1, 0.15) is 31.8 Å². The van der Waals surface area contributed by atoms with Crippen LogP contribution in [0.2, 0.25) is 10.0 Å². The molecule has 0 atom stereocenters. The Kier molecular flexibility index (Phi) is 11.1. The lowest BCUT2D eigenvalue weighted by Gasteiger charge is -2.05. The molecule has 8 nitrogen and oxygen atoms in total. The minimum Gasteiger partial charge on any atom is -0.290 e. The highest BCUT2D eigenvalue weighted by molar-refractivity contribution is 6.45. The Morgan fingerprint density at radius 2 is 0.950 bits per heavy atom. The number of aryl methyl sites for hydroxylation is 2. The number of hydrogen-bond acceptors (Lipinski definition) is 6. The smallest absolute Gasteiger partial charge is 0.230 e. The van der Waals surface area contributed by atoms with Gasteiger partial charge in [-0.2, -0.15) is 0 Å². The zero-order valence-electron chi connectivity index (χ0n) is 21.6. The van der Waals surface area contributed by atoms with Crippen LogP contribution in [0.5, 0.6) is 0 Å². The molecule has 4 N–H and O–H groups in total. The zero-order chi connectivity index (χ0) is 29.1. The van der Waals surface area contributed by atoms with Crippen molar-refractivity contribution < 1.29 is 20.0 Å². The molecular weight excluding hydrogens is 551 g/mol. The second-order valence-corrected chi connectivity index (χ2v) is 9.22. The molecule has 0 spiro atoms. The van der Waals surface area contributed by atoms with Crippen LogP contribution in [0.4, 0.5) is 11.4 Å². The van der Waals surface area contributed by atoms with Crippen molar-refractivity contribution in [2.75, 3.05) is 0 Å². The monoisotopic (exact) mass is 576 g/mol. The first kappa shape index (κ1) is 30.2. The van der Waals surface area contributed by atoms with Crippen LogP contribution in [0.3, 0.4) is 0 Å². The molecule has 4 aromatic carbocycles. The maximum Gasteiger partial charge on any atom is 0.230 e. The first-order valence-corrected chi connectivity index (χ1v) is 12.7. The van der Waals surface area contributed by atoms with E-state index in [1.165, 1.54) is 0 Å². The van der Waals surface area contributed by atoms with Crippen molar-refractivity contribution >= 4 is 57.8 Å². The summed E-state index contributed by atoms with van der Waals surface area (Å²) >= 11 is 12.0. The molecule has 0 fully saturated rings. The van der Waals surface area contributed by atoms with Crippen molar-refractivity contribution in [1.29, 1.82) is 0 Å². The Morgan fingerprint density at radius 3 is 1.25 bits per heavy atom. The number of halogens is 2. The van der Waals surface area contributed by atoms with Gasteiger partial charge in [0.1, 0.15) is 0 Å². The third-order valence-electron chi connectivity index (χ3n) is 5.51. The number of rotatable bonds is 6. The molecule has 0 saturated heterocycles. The molecular formula is C30H26Cl2N4O4. The van der Waals surface area contributed by atoms with Gasteiger partial charge in [0.15, 0.2) is 11.7 Å². The third-order valence-corrected chi connectivity index (χ3v) is 6.32. The van der Waals surface area contributed by atoms with Crippen molar-refractivity contribution in [2.24, 2.45) is 9.98 Å². The lowest BCUT2D eigenvalue weighted by Crippen LogP contribution is -2.28. The second kappa shape index (κ2) is 14.7. The number of aliphatic imine (C=N–C) groups is 2. The minimum atomic E-state index is -0.398. The molecule has 4 aromatic rings. The van der Waals surface area contributed by atoms with Gasteiger partial charge in [0.25, 0.3) is 0 Å². The number of carbonyl (C=O) groups is 2. The summed E-state index contributed by atoms with van der Waals surface area (Å²) in [4.78, 5) is 32.4. The lowest BCUT2D eigenvalue weighted by molar-refractivity contribution is 0.103. The minimum absolute atomic E-state index is 0.156. The Morgan fingerprint density at radius 1 is 0.600 bits per heavy atom. The second-order valence-electron chi connectivity index (χ2n) is 8.40. The molecule has 0 bridgehead atoms. The summed E-state index contributed by atoms with van der Waals surface area (Å²) in [6, 6.07) is 27.5. The molecule has 0 heterocycles. The molecule has 40 heavy (non-hydrogen) atoms. The van der Waals surface area contributed by atoms with Crippen LogP contribution in [0.25, 0.3) is 0 Å². The molecule has 0 saturated carbocycles. The van der Waals surface area contributed by atoms with E-state index in [-0.39, 0.29) is 11.7 Å². The van der Waals surface area contributed by atoms with Gasteiger partial charge in [-0.1, -0.05) is 96.0 Å². The molecule has 0 aromatic heterocycles. The van der Waals surface area contributed by atoms with Gasteiger partial charge < -0.3 is 0 Å². The highest BCUT2D eigenvalue weighted by Crippen LogP contribution is 2.23. The van der Waals surface area contributed by atoms with E-state index in [9.17, 15) is 9.59 Å². The van der Waals surface area contributed by atoms with Crippen molar-refractivity contribution in [1.82, 2.24) is 11.0 Å². The normalized spacial score (nSPS) is 11.2. The van der Waals surface area contributed by atoms with E-state index in [0.29, 0.717) is 32.5 Å². The molecule has 0 aliphatic heterocycles. The maximum absolute atomic E-state index is 12.1. The van der Waals surface area contributed by atoms with Crippen molar-refractivity contribution in [3.05, 3.63) is 129 Å². The molecule has 204 valence electrons. The maximum atomic E-state index is 12.1. The summed E-state index contributed by atoms with van der Waals surface area (Å²) < 4.78 is 0. The van der Waals surface area contributed by atoms with E-state index < -0.39 is 11.6 Å². The summed E-state index contributed by atoms with van der Waals surface area (Å²) in [5.41, 5.74) is 7.36. The molecule has 0 aliphatic rings. The number of hydroxylamine groups is 2. The number of benzene rings is 4. The van der Waals surface area contributed by atoms with Crippen LogP contribution < -0.4 is 11.0 Å². The van der Waals surface area contributed by atoms with Crippen LogP contribution in [-0.2, 0) is 0 Å². The Labute approximate surface area is 241 Å². The molecule has 0 aliphatic carbocycles. The molecule has 0 radical (unpaired) electrons. The standard InChI is InChI=1S/2C15H13ClN2O2/c2*1-10-7-8-12(9-13(10)16)17-15(18-20)14(19)11-5-3-2-4-6-11/h2*2-9,20H,1H3,(H,17,18). The van der Waals surface area contributed by atoms with E-state index in [1.54, 1.807) is 97.1 Å². The number of ketones is 2. The van der Waals surface area contributed by atoms with Gasteiger partial charge in [0.05, 0.1) is 11.4 Å². The van der Waals surface area contributed by atoms with Crippen LogP contribution in [0, 0.1) is 13.8 Å². The van der Waals surface area contributed by atoms with Gasteiger partial charge in [-0.15, -0.1) is 0 Å². The number of Topliss-reactive ketones (excluding diaryl/α,β-unsaturated/α-hetero) is 2. The van der Waals surface area contributed by atoms with Gasteiger partial charge >= 0.3 is 0 Å². The van der Waals surface area contributed by atoms with Gasteiger partial charge in [0, 0.05) is 21.2 Å². The van der Waals surface area contributed by atoms with Crippen LogP contribution in [0.15, 0.2) is 107 Å². The first-order chi connectivity index (χ1) is 19.2. The van der Waals surface area contributed by atoms with Gasteiger partial charge in [-0.25, -0.2) is 20.9 Å². The fourth-order valence-corrected chi connectivity index (χ4v) is 3.62. The summed E-state index contributed by atoms with van der Waals surface area (Å²) in [6.07, 6.45) is 0. The average Bonchev–Trinajstić information content (AvgIpc) is 2.98. The molecule has 4 rings (SSSR count). The zero-order valence-corrected chi connectivity index (χ0v) is 23.1. The number of nitrogens with zero attached hydrogens (tertiary/aromatic N) is 2. The highest BCUT2D eigenvalue weighted by Gasteiger charge is 2.14. The summed E-state index contributed by atoms with van der Waals surface area (Å²) in [5, 5.41) is 19.3. The van der Waals surface area contributed by atoms with Crippen molar-refractivity contribution in [3.63, 3.8) is 0 Å². The largest absolute Gasteiger partial charge is 0.290 e. The number of carbonyl (C=O) groups excluding carboxylic acids is 2. The Bertz CT molecular complexity index is 1430. The topological polar surface area (TPSA) is 123 Å². The Hall–Kier alpha value is -4.34. The highest BCUT2D eigenvalue weighted by atomic mass is 35.5. The number of hydrogen-bond donors (Lipinski definition) is 4. The quantitative estimate of drug-likeness (QED) is 0.0841. The number of amidine groups is 2. The van der Waals surface area contributed by atoms with E-state index in [0.717, 1.165) is 11.1 Å². The summed E-state index contributed by atoms with van der Waals surface area (Å²) in [5.74, 6) is -1.11. The molecule has 0 unspecified atom stereocenters. The van der Waals surface area contributed by atoms with E-state index in [2.05, 4.69) is 9.98 Å². The van der Waals surface area contributed by atoms with Crippen molar-refractivity contribution in [3.8, 4) is 0 Å². The van der Waals surface area contributed by atoms with Gasteiger partial charge in [0.2, 0.25) is 11.6 Å². The number of nitrogens with one attached hydrogen (secondary N) is 2. The molecule has 0 amide bonds. The van der Waals surface area contributed by atoms with E-state index >= 15 is 0 Å². The van der Waals surface area contributed by atoms with Crippen molar-refractivity contribution in [2.45, 2.75) is 13.8 Å². The molecule has 10 heteroatoms. The van der Waals surface area contributed by atoms with Crippen LogP contribution >= 0.6 is 23.2 Å². The first-order valence-electron chi connectivity index (χ1n) is 11.9. The fourth-order valence-electron chi connectivity index (χ4n) is 3.27. The van der Waals surface area contributed by atoms with E-state index in [4.69, 9.17) is 33.6 Å². The van der Waals surface area contributed by atoms with Crippen LogP contribution in [-0.4, -0.2) is 33.7 Å².